The maximum absolute atomic E-state index is 13.6. The lowest BCUT2D eigenvalue weighted by Gasteiger charge is -2.19. The van der Waals surface area contributed by atoms with E-state index in [-0.39, 0.29) is 17.4 Å². The third kappa shape index (κ3) is 4.10. The average molecular weight is 416 g/mol. The first-order valence-corrected chi connectivity index (χ1v) is 9.92. The molecule has 7 heteroatoms. The summed E-state index contributed by atoms with van der Waals surface area (Å²) in [7, 11) is 0. The van der Waals surface area contributed by atoms with Crippen LogP contribution in [0, 0.1) is 36.9 Å². The van der Waals surface area contributed by atoms with Crippen molar-refractivity contribution in [2.75, 3.05) is 11.9 Å². The van der Waals surface area contributed by atoms with Gasteiger partial charge in [-0.3, -0.25) is 4.79 Å². The van der Waals surface area contributed by atoms with Crippen molar-refractivity contribution in [1.29, 1.82) is 5.26 Å². The summed E-state index contributed by atoms with van der Waals surface area (Å²) >= 11 is 0. The number of rotatable bonds is 6. The van der Waals surface area contributed by atoms with Crippen molar-refractivity contribution in [2.24, 2.45) is 5.92 Å². The minimum absolute atomic E-state index is 0.110. The minimum Gasteiger partial charge on any atom is -0.489 e. The summed E-state index contributed by atoms with van der Waals surface area (Å²) in [6, 6.07) is 15.5. The van der Waals surface area contributed by atoms with E-state index in [0.29, 0.717) is 30.3 Å². The molecule has 31 heavy (non-hydrogen) atoms. The van der Waals surface area contributed by atoms with Crippen LogP contribution in [0.3, 0.4) is 0 Å². The van der Waals surface area contributed by atoms with Gasteiger partial charge in [-0.15, -0.1) is 0 Å². The molecule has 1 aliphatic carbocycles. The van der Waals surface area contributed by atoms with Gasteiger partial charge in [-0.1, -0.05) is 30.3 Å². The standard InChI is InChI=1S/C24H21FN4O2/c1-15-22(13-27-16(2)28-15)31-14-24(18-6-4-3-5-7-18)11-20(24)23(30)29-19-8-9-21(25)17(10-19)12-26/h3-10,13,20H,11,14H2,1-2H3,(H,29,30). The van der Waals surface area contributed by atoms with Crippen LogP contribution in [-0.2, 0) is 10.2 Å². The lowest BCUT2D eigenvalue weighted by Crippen LogP contribution is -2.26. The minimum atomic E-state index is -0.616. The topological polar surface area (TPSA) is 87.9 Å². The molecule has 1 aliphatic rings. The van der Waals surface area contributed by atoms with Gasteiger partial charge < -0.3 is 10.1 Å². The first-order valence-electron chi connectivity index (χ1n) is 9.92. The van der Waals surface area contributed by atoms with Gasteiger partial charge in [-0.05, 0) is 44.0 Å². The van der Waals surface area contributed by atoms with Crippen molar-refractivity contribution < 1.29 is 13.9 Å². The van der Waals surface area contributed by atoms with Gasteiger partial charge in [0.15, 0.2) is 5.75 Å². The lowest BCUT2D eigenvalue weighted by molar-refractivity contribution is -0.117. The van der Waals surface area contributed by atoms with Crippen LogP contribution in [0.2, 0.25) is 0 Å². The highest BCUT2D eigenvalue weighted by Crippen LogP contribution is 2.55. The Kier molecular flexibility index (Phi) is 5.38. The van der Waals surface area contributed by atoms with Gasteiger partial charge in [0.2, 0.25) is 5.91 Å². The smallest absolute Gasteiger partial charge is 0.228 e. The van der Waals surface area contributed by atoms with Crippen LogP contribution in [-0.4, -0.2) is 22.5 Å². The zero-order valence-corrected chi connectivity index (χ0v) is 17.2. The Hall–Kier alpha value is -3.79. The molecule has 2 aromatic carbocycles. The number of hydrogen-bond acceptors (Lipinski definition) is 5. The Labute approximate surface area is 179 Å². The molecular formula is C24H21FN4O2. The second-order valence-corrected chi connectivity index (χ2v) is 7.73. The van der Waals surface area contributed by atoms with E-state index in [1.54, 1.807) is 12.3 Å². The molecule has 1 N–H and O–H groups in total. The van der Waals surface area contributed by atoms with E-state index in [1.807, 2.05) is 44.2 Å². The van der Waals surface area contributed by atoms with E-state index in [2.05, 4.69) is 15.3 Å². The summed E-state index contributed by atoms with van der Waals surface area (Å²) in [4.78, 5) is 21.5. The Morgan fingerprint density at radius 2 is 2.06 bits per heavy atom. The van der Waals surface area contributed by atoms with Gasteiger partial charge >= 0.3 is 0 Å². The predicted molar refractivity (Wildman–Crippen MR) is 113 cm³/mol. The van der Waals surface area contributed by atoms with E-state index in [9.17, 15) is 9.18 Å². The Morgan fingerprint density at radius 1 is 1.29 bits per heavy atom. The number of aromatic nitrogens is 2. The number of nitrogens with one attached hydrogen (secondary N) is 1. The largest absolute Gasteiger partial charge is 0.489 e. The molecule has 2 atom stereocenters. The van der Waals surface area contributed by atoms with Crippen molar-refractivity contribution in [2.45, 2.75) is 25.7 Å². The summed E-state index contributed by atoms with van der Waals surface area (Å²) in [5, 5.41) is 11.8. The highest BCUT2D eigenvalue weighted by Gasteiger charge is 2.60. The van der Waals surface area contributed by atoms with Crippen LogP contribution in [0.1, 0.15) is 29.1 Å². The van der Waals surface area contributed by atoms with E-state index in [1.165, 1.54) is 18.2 Å². The van der Waals surface area contributed by atoms with Gasteiger partial charge in [0.1, 0.15) is 17.7 Å². The number of benzene rings is 2. The fourth-order valence-corrected chi connectivity index (χ4v) is 3.82. The molecular weight excluding hydrogens is 395 g/mol. The van der Waals surface area contributed by atoms with Gasteiger partial charge in [0.05, 0.1) is 30.0 Å². The second kappa shape index (κ2) is 8.15. The maximum Gasteiger partial charge on any atom is 0.228 e. The quantitative estimate of drug-likeness (QED) is 0.654. The number of aryl methyl sites for hydroxylation is 2. The number of carbonyl (C=O) groups excluding carboxylic acids is 1. The molecule has 1 fully saturated rings. The van der Waals surface area contributed by atoms with Crippen molar-refractivity contribution in [3.63, 3.8) is 0 Å². The molecule has 4 rings (SSSR count). The molecule has 1 amide bonds. The number of ether oxygens (including phenoxy) is 1. The summed E-state index contributed by atoms with van der Waals surface area (Å²) < 4.78 is 19.6. The van der Waals surface area contributed by atoms with E-state index < -0.39 is 11.2 Å². The van der Waals surface area contributed by atoms with Crippen LogP contribution in [0.4, 0.5) is 10.1 Å². The maximum atomic E-state index is 13.6. The summed E-state index contributed by atoms with van der Waals surface area (Å²) in [5.41, 5.74) is 1.55. The summed E-state index contributed by atoms with van der Waals surface area (Å²) in [6.07, 6.45) is 2.26. The molecule has 3 aromatic rings. The first-order chi connectivity index (χ1) is 14.9. The molecule has 1 aromatic heterocycles. The molecule has 2 unspecified atom stereocenters. The van der Waals surface area contributed by atoms with Crippen LogP contribution in [0.15, 0.2) is 54.7 Å². The molecule has 1 saturated carbocycles. The highest BCUT2D eigenvalue weighted by atomic mass is 19.1. The van der Waals surface area contributed by atoms with Crippen LogP contribution in [0.25, 0.3) is 0 Å². The molecule has 156 valence electrons. The SMILES string of the molecule is Cc1ncc(OCC2(c3ccccc3)CC2C(=O)Nc2ccc(F)c(C#N)c2)c(C)n1. The molecule has 6 nitrogen and oxygen atoms in total. The molecule has 0 aliphatic heterocycles. The summed E-state index contributed by atoms with van der Waals surface area (Å²) in [5.74, 6) is 0.123. The third-order valence-corrected chi connectivity index (χ3v) is 5.63. The molecule has 1 heterocycles. The van der Waals surface area contributed by atoms with Gasteiger partial charge in [-0.25, -0.2) is 14.4 Å². The van der Waals surface area contributed by atoms with Crippen LogP contribution >= 0.6 is 0 Å². The van der Waals surface area contributed by atoms with Crippen LogP contribution in [0.5, 0.6) is 5.75 Å². The van der Waals surface area contributed by atoms with E-state index in [0.717, 1.165) is 11.3 Å². The number of nitriles is 1. The average Bonchev–Trinajstić information content (AvgIpc) is 3.51. The zero-order valence-electron chi connectivity index (χ0n) is 17.2. The monoisotopic (exact) mass is 416 g/mol. The second-order valence-electron chi connectivity index (χ2n) is 7.73. The number of nitrogens with zero attached hydrogens (tertiary/aromatic N) is 3. The number of anilines is 1. The van der Waals surface area contributed by atoms with Gasteiger partial charge in [0.25, 0.3) is 0 Å². The van der Waals surface area contributed by atoms with Crippen molar-refractivity contribution >= 4 is 11.6 Å². The number of amides is 1. The molecule has 0 bridgehead atoms. The number of carbonyl (C=O) groups is 1. The highest BCUT2D eigenvalue weighted by molar-refractivity contribution is 5.96. The molecule has 0 radical (unpaired) electrons. The van der Waals surface area contributed by atoms with E-state index in [4.69, 9.17) is 10.00 Å². The van der Waals surface area contributed by atoms with Crippen molar-refractivity contribution in [3.05, 3.63) is 83.2 Å². The van der Waals surface area contributed by atoms with Crippen LogP contribution < -0.4 is 10.1 Å². The van der Waals surface area contributed by atoms with Crippen molar-refractivity contribution in [3.8, 4) is 11.8 Å². The summed E-state index contributed by atoms with van der Waals surface area (Å²) in [6.45, 7) is 3.98. The zero-order chi connectivity index (χ0) is 22.0. The normalized spacial score (nSPS) is 19.4. The van der Waals surface area contributed by atoms with E-state index >= 15 is 0 Å². The third-order valence-electron chi connectivity index (χ3n) is 5.63. The Morgan fingerprint density at radius 3 is 2.77 bits per heavy atom. The van der Waals surface area contributed by atoms with Gasteiger partial charge in [-0.2, -0.15) is 5.26 Å². The Bertz CT molecular complexity index is 1180. The number of hydrogen-bond donors (Lipinski definition) is 1. The lowest BCUT2D eigenvalue weighted by atomic mass is 9.93. The fraction of sp³-hybridized carbons (Fsp3) is 0.250. The van der Waals surface area contributed by atoms with Crippen molar-refractivity contribution in [1.82, 2.24) is 9.97 Å². The molecule has 0 saturated heterocycles. The first kappa shape index (κ1) is 20.5. The molecule has 0 spiro atoms. The fourth-order valence-electron chi connectivity index (χ4n) is 3.82. The number of halogens is 1. The van der Waals surface area contributed by atoms with Gasteiger partial charge in [0, 0.05) is 11.1 Å². The Balaban J connectivity index is 1.55. The predicted octanol–water partition coefficient (Wildman–Crippen LogP) is 4.08.